The third kappa shape index (κ3) is 7.72. The molecule has 0 radical (unpaired) electrons. The Morgan fingerprint density at radius 1 is 1.03 bits per heavy atom. The van der Waals surface area contributed by atoms with Gasteiger partial charge in [0.05, 0.1) is 19.1 Å². The topological polar surface area (TPSA) is 96.0 Å². The van der Waals surface area contributed by atoms with Crippen LogP contribution in [0.25, 0.3) is 0 Å². The fourth-order valence-electron chi connectivity index (χ4n) is 3.18. The van der Waals surface area contributed by atoms with Gasteiger partial charge in [-0.05, 0) is 54.8 Å². The molecule has 34 heavy (non-hydrogen) atoms. The second-order valence-corrected chi connectivity index (χ2v) is 10.3. The lowest BCUT2D eigenvalue weighted by molar-refractivity contribution is -0.139. The molecule has 0 aliphatic carbocycles. The van der Waals surface area contributed by atoms with Crippen molar-refractivity contribution in [3.8, 4) is 5.75 Å². The zero-order chi connectivity index (χ0) is 25.5. The van der Waals surface area contributed by atoms with Gasteiger partial charge in [-0.2, -0.15) is 0 Å². The van der Waals surface area contributed by atoms with E-state index in [4.69, 9.17) is 4.74 Å². The van der Waals surface area contributed by atoms with E-state index in [0.717, 1.165) is 10.6 Å². The molecule has 186 valence electrons. The third-order valence-electron chi connectivity index (χ3n) is 5.16. The lowest BCUT2D eigenvalue weighted by Crippen LogP contribution is -2.51. The van der Waals surface area contributed by atoms with Crippen LogP contribution in [0.15, 0.2) is 48.5 Å². The first-order valence-corrected chi connectivity index (χ1v) is 12.7. The van der Waals surface area contributed by atoms with Gasteiger partial charge in [0.25, 0.3) is 0 Å². The van der Waals surface area contributed by atoms with Gasteiger partial charge in [-0.1, -0.05) is 26.0 Å². The molecule has 1 atom stereocenters. The number of carbonyl (C=O) groups is 2. The van der Waals surface area contributed by atoms with Crippen LogP contribution in [0.4, 0.5) is 10.1 Å². The smallest absolute Gasteiger partial charge is 0.244 e. The van der Waals surface area contributed by atoms with Crippen LogP contribution in [0, 0.1) is 11.7 Å². The molecule has 0 saturated carbocycles. The van der Waals surface area contributed by atoms with Crippen molar-refractivity contribution in [2.24, 2.45) is 5.92 Å². The van der Waals surface area contributed by atoms with E-state index in [1.165, 1.54) is 48.4 Å². The second-order valence-electron chi connectivity index (χ2n) is 8.43. The minimum absolute atomic E-state index is 0.00952. The van der Waals surface area contributed by atoms with Crippen LogP contribution in [0.1, 0.15) is 26.3 Å². The Bertz CT molecular complexity index is 1070. The maximum absolute atomic E-state index is 13.4. The van der Waals surface area contributed by atoms with Crippen LogP contribution in [0.5, 0.6) is 5.75 Å². The Hall–Kier alpha value is -3.14. The van der Waals surface area contributed by atoms with Gasteiger partial charge in [-0.25, -0.2) is 12.8 Å². The van der Waals surface area contributed by atoms with Gasteiger partial charge in [0, 0.05) is 13.1 Å². The Balaban J connectivity index is 2.34. The third-order valence-corrected chi connectivity index (χ3v) is 6.30. The average molecular weight is 494 g/mol. The second kappa shape index (κ2) is 11.8. The van der Waals surface area contributed by atoms with E-state index < -0.39 is 34.3 Å². The molecule has 2 rings (SSSR count). The van der Waals surface area contributed by atoms with E-state index in [1.54, 1.807) is 19.1 Å². The molecule has 0 spiro atoms. The van der Waals surface area contributed by atoms with E-state index >= 15 is 0 Å². The first kappa shape index (κ1) is 27.1. The quantitative estimate of drug-likeness (QED) is 0.519. The van der Waals surface area contributed by atoms with E-state index in [-0.39, 0.29) is 24.1 Å². The summed E-state index contributed by atoms with van der Waals surface area (Å²) >= 11 is 0. The zero-order valence-electron chi connectivity index (χ0n) is 20.1. The normalized spacial score (nSPS) is 12.2. The van der Waals surface area contributed by atoms with Crippen molar-refractivity contribution in [3.63, 3.8) is 0 Å². The summed E-state index contributed by atoms with van der Waals surface area (Å²) in [7, 11) is -2.33. The van der Waals surface area contributed by atoms with Crippen molar-refractivity contribution < 1.29 is 27.1 Å². The molecule has 0 bridgehead atoms. The van der Waals surface area contributed by atoms with Crippen molar-refractivity contribution in [1.82, 2.24) is 10.2 Å². The number of sulfonamides is 1. The number of carbonyl (C=O) groups excluding carboxylic acids is 2. The minimum atomic E-state index is -3.82. The highest BCUT2D eigenvalue weighted by Crippen LogP contribution is 2.22. The van der Waals surface area contributed by atoms with Crippen molar-refractivity contribution in [3.05, 3.63) is 59.9 Å². The Kier molecular flexibility index (Phi) is 9.43. The first-order valence-electron chi connectivity index (χ1n) is 10.9. The molecule has 2 amide bonds. The maximum atomic E-state index is 13.4. The number of ether oxygens (including phenoxy) is 1. The summed E-state index contributed by atoms with van der Waals surface area (Å²) in [6.45, 7) is 5.42. The molecule has 1 N–H and O–H groups in total. The molecule has 0 heterocycles. The van der Waals surface area contributed by atoms with E-state index in [1.807, 2.05) is 13.8 Å². The number of nitrogens with one attached hydrogen (secondary N) is 1. The fourth-order valence-corrected chi connectivity index (χ4v) is 4.03. The summed E-state index contributed by atoms with van der Waals surface area (Å²) in [5, 5.41) is 2.80. The lowest BCUT2D eigenvalue weighted by atomic mass is 10.1. The van der Waals surface area contributed by atoms with Gasteiger partial charge in [-0.15, -0.1) is 0 Å². The molecule has 0 aliphatic rings. The molecule has 2 aromatic carbocycles. The number of amides is 2. The van der Waals surface area contributed by atoms with Crippen LogP contribution in [-0.2, 0) is 26.2 Å². The summed E-state index contributed by atoms with van der Waals surface area (Å²) in [6.07, 6.45) is 1.01. The number of rotatable bonds is 11. The highest BCUT2D eigenvalue weighted by Gasteiger charge is 2.30. The monoisotopic (exact) mass is 493 g/mol. The Morgan fingerprint density at radius 2 is 1.62 bits per heavy atom. The molecule has 0 unspecified atom stereocenters. The van der Waals surface area contributed by atoms with Gasteiger partial charge >= 0.3 is 0 Å². The predicted molar refractivity (Wildman–Crippen MR) is 129 cm³/mol. The van der Waals surface area contributed by atoms with E-state index in [2.05, 4.69) is 5.32 Å². The van der Waals surface area contributed by atoms with Crippen LogP contribution in [0.3, 0.4) is 0 Å². The van der Waals surface area contributed by atoms with Gasteiger partial charge in [0.2, 0.25) is 21.8 Å². The van der Waals surface area contributed by atoms with Gasteiger partial charge in [0.1, 0.15) is 24.2 Å². The van der Waals surface area contributed by atoms with Crippen LogP contribution in [-0.4, -0.2) is 57.6 Å². The predicted octanol–water partition coefficient (Wildman–Crippen LogP) is 2.79. The number of hydrogen-bond acceptors (Lipinski definition) is 5. The standard InChI is InChI=1S/C24H32FN3O5S/c1-17(2)14-26-24(30)18(3)27(15-19-6-8-20(25)9-7-19)23(29)16-28(34(5,31)32)21-10-12-22(33-4)13-11-21/h6-13,17-18H,14-16H2,1-5H3,(H,26,30)/t18-/m1/s1. The molecule has 8 nitrogen and oxygen atoms in total. The van der Waals surface area contributed by atoms with Crippen molar-refractivity contribution in [2.75, 3.05) is 30.8 Å². The van der Waals surface area contributed by atoms with Crippen LogP contribution < -0.4 is 14.4 Å². The number of halogens is 1. The maximum Gasteiger partial charge on any atom is 0.244 e. The average Bonchev–Trinajstić information content (AvgIpc) is 2.79. The SMILES string of the molecule is COc1ccc(N(CC(=O)N(Cc2ccc(F)cc2)[C@H](C)C(=O)NCC(C)C)S(C)(=O)=O)cc1. The summed E-state index contributed by atoms with van der Waals surface area (Å²) in [6, 6.07) is 11.0. The van der Waals surface area contributed by atoms with E-state index in [9.17, 15) is 22.4 Å². The molecule has 2 aromatic rings. The lowest BCUT2D eigenvalue weighted by Gasteiger charge is -2.31. The number of hydrogen-bond donors (Lipinski definition) is 1. The van der Waals surface area contributed by atoms with Crippen molar-refractivity contribution in [1.29, 1.82) is 0 Å². The molecule has 0 aliphatic heterocycles. The molecule has 0 aromatic heterocycles. The summed E-state index contributed by atoms with van der Waals surface area (Å²) in [5.74, 6) is -0.602. The zero-order valence-corrected chi connectivity index (χ0v) is 20.9. The van der Waals surface area contributed by atoms with Gasteiger partial charge in [-0.3, -0.25) is 13.9 Å². The summed E-state index contributed by atoms with van der Waals surface area (Å²) < 4.78 is 44.5. The highest BCUT2D eigenvalue weighted by atomic mass is 32.2. The van der Waals surface area contributed by atoms with Gasteiger partial charge < -0.3 is 15.0 Å². The van der Waals surface area contributed by atoms with Crippen molar-refractivity contribution >= 4 is 27.5 Å². The fraction of sp³-hybridized carbons (Fsp3) is 0.417. The minimum Gasteiger partial charge on any atom is -0.497 e. The molecular formula is C24H32FN3O5S. The molecular weight excluding hydrogens is 461 g/mol. The van der Waals surface area contributed by atoms with Crippen LogP contribution in [0.2, 0.25) is 0 Å². The largest absolute Gasteiger partial charge is 0.497 e. The van der Waals surface area contributed by atoms with Gasteiger partial charge in [0.15, 0.2) is 0 Å². The summed E-state index contributed by atoms with van der Waals surface area (Å²) in [5.41, 5.74) is 0.893. The molecule has 0 fully saturated rings. The number of nitrogens with zero attached hydrogens (tertiary/aromatic N) is 2. The summed E-state index contributed by atoms with van der Waals surface area (Å²) in [4.78, 5) is 27.4. The Morgan fingerprint density at radius 3 is 2.12 bits per heavy atom. The number of anilines is 1. The molecule has 10 heteroatoms. The van der Waals surface area contributed by atoms with E-state index in [0.29, 0.717) is 17.9 Å². The van der Waals surface area contributed by atoms with Crippen molar-refractivity contribution in [2.45, 2.75) is 33.4 Å². The number of benzene rings is 2. The highest BCUT2D eigenvalue weighted by molar-refractivity contribution is 7.92. The first-order chi connectivity index (χ1) is 15.9. The Labute approximate surface area is 200 Å². The number of methoxy groups -OCH3 is 1. The molecule has 0 saturated heterocycles. The van der Waals surface area contributed by atoms with Crippen LogP contribution >= 0.6 is 0 Å².